The van der Waals surface area contributed by atoms with E-state index in [-0.39, 0.29) is 0 Å². The summed E-state index contributed by atoms with van der Waals surface area (Å²) in [5.41, 5.74) is 0. The van der Waals surface area contributed by atoms with E-state index in [1.54, 1.807) is 0 Å². The van der Waals surface area contributed by atoms with Crippen LogP contribution in [0.4, 0.5) is 4.79 Å². The lowest BCUT2D eigenvalue weighted by Gasteiger charge is -2.17. The molecule has 2 heterocycles. The zero-order valence-corrected chi connectivity index (χ0v) is 8.11. The van der Waals surface area contributed by atoms with E-state index in [4.69, 9.17) is 9.84 Å². The molecule has 0 unspecified atom stereocenters. The van der Waals surface area contributed by atoms with Gasteiger partial charge in [0.2, 0.25) is 0 Å². The molecule has 2 aliphatic rings. The van der Waals surface area contributed by atoms with Gasteiger partial charge in [0.05, 0.1) is 6.61 Å². The van der Waals surface area contributed by atoms with Crippen LogP contribution < -0.4 is 5.32 Å². The zero-order valence-electron chi connectivity index (χ0n) is 8.11. The highest BCUT2D eigenvalue weighted by atomic mass is 16.5. The highest BCUT2D eigenvalue weighted by Gasteiger charge is 2.28. The van der Waals surface area contributed by atoms with Gasteiger partial charge in [-0.2, -0.15) is 0 Å². The van der Waals surface area contributed by atoms with Crippen LogP contribution in [-0.4, -0.2) is 54.5 Å². The average Bonchev–Trinajstić information content (AvgIpc) is 2.75. The van der Waals surface area contributed by atoms with E-state index in [0.29, 0.717) is 25.2 Å². The predicted molar refractivity (Wildman–Crippen MR) is 50.4 cm³/mol. The summed E-state index contributed by atoms with van der Waals surface area (Å²) in [4.78, 5) is 12.1. The summed E-state index contributed by atoms with van der Waals surface area (Å²) in [6, 6.07) is 0.742. The van der Waals surface area contributed by atoms with E-state index < -0.39 is 6.09 Å². The van der Waals surface area contributed by atoms with Crippen molar-refractivity contribution in [3.05, 3.63) is 0 Å². The Hall–Kier alpha value is -0.810. The summed E-state index contributed by atoms with van der Waals surface area (Å²) in [5, 5.41) is 12.2. The van der Waals surface area contributed by atoms with Crippen LogP contribution in [0.2, 0.25) is 0 Å². The van der Waals surface area contributed by atoms with Crippen molar-refractivity contribution in [1.82, 2.24) is 10.2 Å². The van der Waals surface area contributed by atoms with Gasteiger partial charge in [0.25, 0.3) is 0 Å². The van der Waals surface area contributed by atoms with Gasteiger partial charge in [0.1, 0.15) is 0 Å². The maximum absolute atomic E-state index is 10.7. The van der Waals surface area contributed by atoms with Gasteiger partial charge in [-0.1, -0.05) is 0 Å². The van der Waals surface area contributed by atoms with Gasteiger partial charge in [-0.05, 0) is 12.8 Å². The molecule has 0 radical (unpaired) electrons. The Bertz CT molecular complexity index is 216. The molecule has 0 aromatic rings. The standard InChI is InChI=1S/C9H16N2O3/c12-9(13)11-3-1-7(5-11)10-8-2-4-14-6-8/h7-8,10H,1-6H2,(H,12,13)/t7-,8+/m0/s1. The summed E-state index contributed by atoms with van der Waals surface area (Å²) in [6.45, 7) is 2.86. The molecule has 14 heavy (non-hydrogen) atoms. The molecule has 2 N–H and O–H groups in total. The smallest absolute Gasteiger partial charge is 0.407 e. The third kappa shape index (κ3) is 2.16. The molecule has 80 valence electrons. The normalized spacial score (nSPS) is 32.4. The molecular formula is C9H16N2O3. The maximum atomic E-state index is 10.7. The summed E-state index contributed by atoms with van der Waals surface area (Å²) in [7, 11) is 0. The van der Waals surface area contributed by atoms with Crippen molar-refractivity contribution in [2.75, 3.05) is 26.3 Å². The van der Waals surface area contributed by atoms with Gasteiger partial charge < -0.3 is 20.1 Å². The molecule has 2 aliphatic heterocycles. The van der Waals surface area contributed by atoms with Crippen LogP contribution in [0.1, 0.15) is 12.8 Å². The number of amides is 1. The number of ether oxygens (including phenoxy) is 1. The molecule has 0 aliphatic carbocycles. The van der Waals surface area contributed by atoms with Gasteiger partial charge in [-0.15, -0.1) is 0 Å². The van der Waals surface area contributed by atoms with E-state index in [1.165, 1.54) is 4.90 Å². The van der Waals surface area contributed by atoms with Crippen LogP contribution in [-0.2, 0) is 4.74 Å². The first-order chi connectivity index (χ1) is 6.75. The van der Waals surface area contributed by atoms with Gasteiger partial charge in [-0.3, -0.25) is 0 Å². The fourth-order valence-corrected chi connectivity index (χ4v) is 2.07. The Kier molecular flexibility index (Phi) is 2.88. The third-order valence-electron chi connectivity index (χ3n) is 2.86. The Morgan fingerprint density at radius 3 is 2.86 bits per heavy atom. The molecule has 1 amide bonds. The monoisotopic (exact) mass is 200 g/mol. The zero-order chi connectivity index (χ0) is 9.97. The second-order valence-electron chi connectivity index (χ2n) is 3.94. The largest absolute Gasteiger partial charge is 0.465 e. The molecule has 5 nitrogen and oxygen atoms in total. The van der Waals surface area contributed by atoms with Crippen LogP contribution in [0.15, 0.2) is 0 Å². The number of hydrogen-bond acceptors (Lipinski definition) is 3. The van der Waals surface area contributed by atoms with Crippen molar-refractivity contribution in [2.24, 2.45) is 0 Å². The first kappa shape index (κ1) is 9.73. The molecule has 0 aromatic carbocycles. The van der Waals surface area contributed by atoms with E-state index >= 15 is 0 Å². The van der Waals surface area contributed by atoms with Crippen LogP contribution in [0.25, 0.3) is 0 Å². The fourth-order valence-electron chi connectivity index (χ4n) is 2.07. The molecule has 0 bridgehead atoms. The summed E-state index contributed by atoms with van der Waals surface area (Å²) in [5.74, 6) is 0. The van der Waals surface area contributed by atoms with Crippen molar-refractivity contribution >= 4 is 6.09 Å². The molecule has 2 saturated heterocycles. The second kappa shape index (κ2) is 4.14. The maximum Gasteiger partial charge on any atom is 0.407 e. The highest BCUT2D eigenvalue weighted by Crippen LogP contribution is 2.12. The van der Waals surface area contributed by atoms with Gasteiger partial charge in [0.15, 0.2) is 0 Å². The van der Waals surface area contributed by atoms with E-state index in [2.05, 4.69) is 5.32 Å². The van der Waals surface area contributed by atoms with Crippen LogP contribution >= 0.6 is 0 Å². The topological polar surface area (TPSA) is 61.8 Å². The number of rotatable bonds is 2. The Morgan fingerprint density at radius 2 is 2.29 bits per heavy atom. The van der Waals surface area contributed by atoms with E-state index in [0.717, 1.165) is 26.1 Å². The number of hydrogen-bond donors (Lipinski definition) is 2. The Labute approximate surface area is 83.0 Å². The molecule has 2 atom stereocenters. The van der Waals surface area contributed by atoms with Gasteiger partial charge in [-0.25, -0.2) is 4.79 Å². The fraction of sp³-hybridized carbons (Fsp3) is 0.889. The summed E-state index contributed by atoms with van der Waals surface area (Å²) >= 11 is 0. The van der Waals surface area contributed by atoms with Gasteiger partial charge in [0, 0.05) is 31.8 Å². The number of carboxylic acid groups (broad SMARTS) is 1. The minimum Gasteiger partial charge on any atom is -0.465 e. The Morgan fingerprint density at radius 1 is 1.43 bits per heavy atom. The van der Waals surface area contributed by atoms with Crippen molar-refractivity contribution in [3.8, 4) is 0 Å². The quantitative estimate of drug-likeness (QED) is 0.664. The van der Waals surface area contributed by atoms with Crippen LogP contribution in [0.3, 0.4) is 0 Å². The Balaban J connectivity index is 1.75. The van der Waals surface area contributed by atoms with Crippen LogP contribution in [0, 0.1) is 0 Å². The van der Waals surface area contributed by atoms with E-state index in [1.807, 2.05) is 0 Å². The van der Waals surface area contributed by atoms with Crippen molar-refractivity contribution in [2.45, 2.75) is 24.9 Å². The molecule has 2 fully saturated rings. The number of nitrogens with zero attached hydrogens (tertiary/aromatic N) is 1. The molecule has 2 rings (SSSR count). The first-order valence-electron chi connectivity index (χ1n) is 5.07. The summed E-state index contributed by atoms with van der Waals surface area (Å²) < 4.78 is 5.25. The average molecular weight is 200 g/mol. The second-order valence-corrected chi connectivity index (χ2v) is 3.94. The lowest BCUT2D eigenvalue weighted by atomic mass is 10.2. The van der Waals surface area contributed by atoms with Crippen LogP contribution in [0.5, 0.6) is 0 Å². The lowest BCUT2D eigenvalue weighted by molar-refractivity contribution is 0.154. The highest BCUT2D eigenvalue weighted by molar-refractivity contribution is 5.65. The molecule has 5 heteroatoms. The van der Waals surface area contributed by atoms with Gasteiger partial charge >= 0.3 is 6.09 Å². The lowest BCUT2D eigenvalue weighted by Crippen LogP contribution is -2.41. The minimum atomic E-state index is -0.808. The SMILES string of the molecule is O=C(O)N1CC[C@H](N[C@@H]2CCOC2)C1. The predicted octanol–water partition coefficient (Wildman–Crippen LogP) is 0.117. The molecule has 0 aromatic heterocycles. The summed E-state index contributed by atoms with van der Waals surface area (Å²) in [6.07, 6.45) is 1.16. The van der Waals surface area contributed by atoms with Crippen molar-refractivity contribution < 1.29 is 14.6 Å². The first-order valence-corrected chi connectivity index (χ1v) is 5.07. The van der Waals surface area contributed by atoms with E-state index in [9.17, 15) is 4.79 Å². The number of likely N-dealkylation sites (tertiary alicyclic amines) is 1. The minimum absolute atomic E-state index is 0.317. The van der Waals surface area contributed by atoms with Crippen molar-refractivity contribution in [3.63, 3.8) is 0 Å². The third-order valence-corrected chi connectivity index (χ3v) is 2.86. The number of carbonyl (C=O) groups is 1. The van der Waals surface area contributed by atoms with Crippen molar-refractivity contribution in [1.29, 1.82) is 0 Å². The molecular weight excluding hydrogens is 184 g/mol. The molecule has 0 saturated carbocycles. The molecule has 0 spiro atoms. The number of nitrogens with one attached hydrogen (secondary N) is 1.